The van der Waals surface area contributed by atoms with Gasteiger partial charge in [-0.3, -0.25) is 0 Å². The Morgan fingerprint density at radius 3 is 2.52 bits per heavy atom. The summed E-state index contributed by atoms with van der Waals surface area (Å²) in [5.74, 6) is 0.939. The summed E-state index contributed by atoms with van der Waals surface area (Å²) >= 11 is 5.59. The van der Waals surface area contributed by atoms with Crippen molar-refractivity contribution >= 4 is 23.0 Å². The fourth-order valence-corrected chi connectivity index (χ4v) is 3.54. The molecule has 1 heterocycles. The molecule has 0 spiro atoms. The lowest BCUT2D eigenvalue weighted by Crippen LogP contribution is -2.42. The minimum absolute atomic E-state index is 0.128. The third kappa shape index (κ3) is 4.13. The molecule has 3 nitrogen and oxygen atoms in total. The molecule has 4 heteroatoms. The Kier molecular flexibility index (Phi) is 4.74. The second kappa shape index (κ2) is 6.68. The molecule has 2 aromatic rings. The molecule has 0 aliphatic carbocycles. The SMILES string of the molecule is Cc1ccc(C)c(NC(=S)N[C@H]2CC(C)(C)Oc3ccc(C)cc32)c1. The molecular formula is C21H26N2OS. The first-order valence-electron chi connectivity index (χ1n) is 8.68. The second-order valence-electron chi connectivity index (χ2n) is 7.58. The molecule has 0 bridgehead atoms. The standard InChI is InChI=1S/C21H26N2OS/c1-13-7-9-19-16(10-13)18(12-21(4,5)24-19)23-20(25)22-17-11-14(2)6-8-15(17)3/h6-11,18H,12H2,1-5H3,(H2,22,23,25)/t18-/m0/s1. The predicted octanol–water partition coefficient (Wildman–Crippen LogP) is 5.20. The Hall–Kier alpha value is -2.07. The fourth-order valence-electron chi connectivity index (χ4n) is 3.29. The van der Waals surface area contributed by atoms with Gasteiger partial charge in [0, 0.05) is 17.7 Å². The van der Waals surface area contributed by atoms with Crippen molar-refractivity contribution in [3.8, 4) is 5.75 Å². The highest BCUT2D eigenvalue weighted by Crippen LogP contribution is 2.39. The fraction of sp³-hybridized carbons (Fsp3) is 0.381. The number of nitrogens with one attached hydrogen (secondary N) is 2. The summed E-state index contributed by atoms with van der Waals surface area (Å²) in [5, 5.41) is 7.49. The molecule has 0 amide bonds. The van der Waals surface area contributed by atoms with Gasteiger partial charge in [0.1, 0.15) is 11.4 Å². The highest BCUT2D eigenvalue weighted by Gasteiger charge is 2.34. The maximum atomic E-state index is 6.14. The van der Waals surface area contributed by atoms with Crippen LogP contribution in [-0.4, -0.2) is 10.7 Å². The van der Waals surface area contributed by atoms with Crippen LogP contribution in [0.3, 0.4) is 0 Å². The molecule has 2 aromatic carbocycles. The van der Waals surface area contributed by atoms with Gasteiger partial charge in [-0.2, -0.15) is 0 Å². The molecule has 0 fully saturated rings. The number of fused-ring (bicyclic) bond motifs is 1. The first kappa shape index (κ1) is 17.7. The lowest BCUT2D eigenvalue weighted by Gasteiger charge is -2.38. The van der Waals surface area contributed by atoms with Crippen LogP contribution in [-0.2, 0) is 0 Å². The molecule has 0 radical (unpaired) electrons. The molecule has 2 N–H and O–H groups in total. The Labute approximate surface area is 155 Å². The zero-order valence-corrected chi connectivity index (χ0v) is 16.4. The summed E-state index contributed by atoms with van der Waals surface area (Å²) in [6.07, 6.45) is 0.859. The van der Waals surface area contributed by atoms with Crippen molar-refractivity contribution in [1.29, 1.82) is 0 Å². The summed E-state index contributed by atoms with van der Waals surface area (Å²) < 4.78 is 6.14. The first-order chi connectivity index (χ1) is 11.7. The summed E-state index contributed by atoms with van der Waals surface area (Å²) in [6.45, 7) is 10.5. The molecule has 0 saturated heterocycles. The number of thiocarbonyl (C=S) groups is 1. The maximum absolute atomic E-state index is 6.14. The topological polar surface area (TPSA) is 33.3 Å². The third-order valence-electron chi connectivity index (χ3n) is 4.57. The van der Waals surface area contributed by atoms with Gasteiger partial charge in [0.25, 0.3) is 0 Å². The molecule has 0 aromatic heterocycles. The lowest BCUT2D eigenvalue weighted by molar-refractivity contribution is 0.0696. The third-order valence-corrected chi connectivity index (χ3v) is 4.79. The number of ether oxygens (including phenoxy) is 1. The summed E-state index contributed by atoms with van der Waals surface area (Å²) in [7, 11) is 0. The average molecular weight is 355 g/mol. The smallest absolute Gasteiger partial charge is 0.171 e. The van der Waals surface area contributed by atoms with Crippen LogP contribution >= 0.6 is 12.2 Å². The van der Waals surface area contributed by atoms with E-state index in [-0.39, 0.29) is 11.6 Å². The van der Waals surface area contributed by atoms with Gasteiger partial charge in [-0.25, -0.2) is 0 Å². The molecule has 1 aliphatic rings. The van der Waals surface area contributed by atoms with Gasteiger partial charge < -0.3 is 15.4 Å². The van der Waals surface area contributed by atoms with E-state index in [4.69, 9.17) is 17.0 Å². The van der Waals surface area contributed by atoms with Crippen LogP contribution in [0, 0.1) is 20.8 Å². The van der Waals surface area contributed by atoms with Gasteiger partial charge in [-0.15, -0.1) is 0 Å². The quantitative estimate of drug-likeness (QED) is 0.726. The largest absolute Gasteiger partial charge is 0.487 e. The average Bonchev–Trinajstić information content (AvgIpc) is 2.51. The van der Waals surface area contributed by atoms with Gasteiger partial charge in [-0.1, -0.05) is 29.8 Å². The van der Waals surface area contributed by atoms with Crippen LogP contribution in [0.1, 0.15) is 48.6 Å². The molecular weight excluding hydrogens is 328 g/mol. The van der Waals surface area contributed by atoms with Gasteiger partial charge in [-0.05, 0) is 70.1 Å². The minimum Gasteiger partial charge on any atom is -0.487 e. The predicted molar refractivity (Wildman–Crippen MR) is 109 cm³/mol. The van der Waals surface area contributed by atoms with Crippen molar-refractivity contribution in [2.24, 2.45) is 0 Å². The van der Waals surface area contributed by atoms with E-state index in [0.29, 0.717) is 5.11 Å². The van der Waals surface area contributed by atoms with E-state index in [9.17, 15) is 0 Å². The Morgan fingerprint density at radius 1 is 1.08 bits per heavy atom. The highest BCUT2D eigenvalue weighted by molar-refractivity contribution is 7.80. The highest BCUT2D eigenvalue weighted by atomic mass is 32.1. The zero-order valence-electron chi connectivity index (χ0n) is 15.6. The van der Waals surface area contributed by atoms with Crippen LogP contribution in [0.25, 0.3) is 0 Å². The molecule has 25 heavy (non-hydrogen) atoms. The monoisotopic (exact) mass is 354 g/mol. The molecule has 0 saturated carbocycles. The number of hydrogen-bond donors (Lipinski definition) is 2. The van der Waals surface area contributed by atoms with Crippen LogP contribution in [0.5, 0.6) is 5.75 Å². The van der Waals surface area contributed by atoms with E-state index in [0.717, 1.165) is 17.9 Å². The van der Waals surface area contributed by atoms with Crippen LogP contribution in [0.2, 0.25) is 0 Å². The molecule has 132 valence electrons. The number of rotatable bonds is 2. The van der Waals surface area contributed by atoms with Crippen molar-refractivity contribution in [2.75, 3.05) is 5.32 Å². The van der Waals surface area contributed by atoms with E-state index < -0.39 is 0 Å². The van der Waals surface area contributed by atoms with Gasteiger partial charge in [0.2, 0.25) is 0 Å². The van der Waals surface area contributed by atoms with Crippen molar-refractivity contribution < 1.29 is 4.74 Å². The Balaban J connectivity index is 1.81. The maximum Gasteiger partial charge on any atom is 0.171 e. The Bertz CT molecular complexity index is 814. The number of aryl methyl sites for hydroxylation is 3. The van der Waals surface area contributed by atoms with E-state index in [1.54, 1.807) is 0 Å². The lowest BCUT2D eigenvalue weighted by atomic mass is 9.89. The van der Waals surface area contributed by atoms with E-state index in [2.05, 4.69) is 81.7 Å². The summed E-state index contributed by atoms with van der Waals surface area (Å²) in [5.41, 5.74) is 5.61. The normalized spacial score (nSPS) is 18.0. The molecule has 3 rings (SSSR count). The Morgan fingerprint density at radius 2 is 1.76 bits per heavy atom. The second-order valence-corrected chi connectivity index (χ2v) is 7.98. The van der Waals surface area contributed by atoms with Gasteiger partial charge in [0.15, 0.2) is 5.11 Å². The van der Waals surface area contributed by atoms with Crippen LogP contribution in [0.15, 0.2) is 36.4 Å². The first-order valence-corrected chi connectivity index (χ1v) is 9.09. The van der Waals surface area contributed by atoms with Crippen molar-refractivity contribution in [1.82, 2.24) is 5.32 Å². The summed E-state index contributed by atoms with van der Waals surface area (Å²) in [4.78, 5) is 0. The van der Waals surface area contributed by atoms with Gasteiger partial charge >= 0.3 is 0 Å². The molecule has 0 unspecified atom stereocenters. The van der Waals surface area contributed by atoms with Gasteiger partial charge in [0.05, 0.1) is 6.04 Å². The minimum atomic E-state index is -0.227. The van der Waals surface area contributed by atoms with Crippen LogP contribution < -0.4 is 15.4 Å². The number of anilines is 1. The van der Waals surface area contributed by atoms with Crippen LogP contribution in [0.4, 0.5) is 5.69 Å². The van der Waals surface area contributed by atoms with E-state index in [1.807, 2.05) is 0 Å². The van der Waals surface area contributed by atoms with Crippen molar-refractivity contribution in [3.63, 3.8) is 0 Å². The molecule has 1 atom stereocenters. The number of benzene rings is 2. The van der Waals surface area contributed by atoms with E-state index >= 15 is 0 Å². The summed E-state index contributed by atoms with van der Waals surface area (Å²) in [6, 6.07) is 12.8. The zero-order chi connectivity index (χ0) is 18.2. The van der Waals surface area contributed by atoms with E-state index in [1.165, 1.54) is 22.3 Å². The van der Waals surface area contributed by atoms with Crippen molar-refractivity contribution in [2.45, 2.75) is 52.7 Å². The van der Waals surface area contributed by atoms with Crippen molar-refractivity contribution in [3.05, 3.63) is 58.7 Å². The molecule has 1 aliphatic heterocycles. The number of hydrogen-bond acceptors (Lipinski definition) is 2.